The summed E-state index contributed by atoms with van der Waals surface area (Å²) in [6.07, 6.45) is 4.89. The average Bonchev–Trinajstić information content (AvgIpc) is 3.60. The van der Waals surface area contributed by atoms with Gasteiger partial charge in [0.25, 0.3) is 0 Å². The number of methoxy groups -OCH3 is 1. The fourth-order valence-electron chi connectivity index (χ4n) is 2.88. The topological polar surface area (TPSA) is 96.5 Å². The van der Waals surface area contributed by atoms with Crippen molar-refractivity contribution in [2.75, 3.05) is 17.7 Å². The van der Waals surface area contributed by atoms with Gasteiger partial charge in [0.15, 0.2) is 0 Å². The van der Waals surface area contributed by atoms with E-state index in [9.17, 15) is 14.4 Å². The molecule has 0 heterocycles. The van der Waals surface area contributed by atoms with Gasteiger partial charge in [-0.2, -0.15) is 0 Å². The van der Waals surface area contributed by atoms with Crippen molar-refractivity contribution in [2.24, 2.45) is 5.92 Å². The minimum atomic E-state index is -0.739. The maximum absolute atomic E-state index is 12.5. The quantitative estimate of drug-likeness (QED) is 0.568. The number of carbonyl (C=O) groups is 3. The molecular formula is C24H27N3O4. The molecule has 1 aliphatic rings. The van der Waals surface area contributed by atoms with Crippen molar-refractivity contribution < 1.29 is 19.1 Å². The van der Waals surface area contributed by atoms with Gasteiger partial charge in [0.2, 0.25) is 17.7 Å². The molecule has 1 atom stereocenters. The molecule has 0 aromatic heterocycles. The Morgan fingerprint density at radius 1 is 1.06 bits per heavy atom. The van der Waals surface area contributed by atoms with Crippen LogP contribution in [0.3, 0.4) is 0 Å². The molecule has 162 valence electrons. The molecule has 3 rings (SSSR count). The normalized spacial score (nSPS) is 14.0. The van der Waals surface area contributed by atoms with Gasteiger partial charge in [0.1, 0.15) is 11.8 Å². The van der Waals surface area contributed by atoms with Gasteiger partial charge in [-0.15, -0.1) is 0 Å². The summed E-state index contributed by atoms with van der Waals surface area (Å²) in [7, 11) is 1.59. The molecule has 7 heteroatoms. The third-order valence-electron chi connectivity index (χ3n) is 5.01. The van der Waals surface area contributed by atoms with Gasteiger partial charge in [0, 0.05) is 23.4 Å². The number of amides is 3. The molecule has 2 aromatic rings. The first-order chi connectivity index (χ1) is 14.9. The summed E-state index contributed by atoms with van der Waals surface area (Å²) in [6.45, 7) is 3.48. The van der Waals surface area contributed by atoms with Crippen molar-refractivity contribution in [3.63, 3.8) is 0 Å². The molecule has 2 aromatic carbocycles. The number of aryl methyl sites for hydroxylation is 1. The highest BCUT2D eigenvalue weighted by molar-refractivity contribution is 6.01. The second kappa shape index (κ2) is 9.93. The van der Waals surface area contributed by atoms with Crippen LogP contribution in [0.5, 0.6) is 5.75 Å². The van der Waals surface area contributed by atoms with E-state index >= 15 is 0 Å². The average molecular weight is 421 g/mol. The lowest BCUT2D eigenvalue weighted by molar-refractivity contribution is -0.123. The molecule has 0 radical (unpaired) electrons. The number of hydrogen-bond donors (Lipinski definition) is 3. The van der Waals surface area contributed by atoms with Crippen LogP contribution in [0.15, 0.2) is 48.5 Å². The highest BCUT2D eigenvalue weighted by atomic mass is 16.5. The molecule has 0 aliphatic heterocycles. The maximum atomic E-state index is 12.5. The van der Waals surface area contributed by atoms with Crippen LogP contribution in [0.4, 0.5) is 11.4 Å². The van der Waals surface area contributed by atoms with Crippen LogP contribution >= 0.6 is 0 Å². The van der Waals surface area contributed by atoms with Gasteiger partial charge in [-0.25, -0.2) is 0 Å². The van der Waals surface area contributed by atoms with E-state index in [1.165, 1.54) is 6.08 Å². The molecule has 31 heavy (non-hydrogen) atoms. The van der Waals surface area contributed by atoms with E-state index in [0.29, 0.717) is 11.4 Å². The molecule has 0 spiro atoms. The van der Waals surface area contributed by atoms with Crippen molar-refractivity contribution in [1.29, 1.82) is 0 Å². The molecule has 1 saturated carbocycles. The molecule has 0 saturated heterocycles. The maximum Gasteiger partial charge on any atom is 0.246 e. The lowest BCUT2D eigenvalue weighted by Gasteiger charge is -2.15. The van der Waals surface area contributed by atoms with Crippen molar-refractivity contribution >= 4 is 35.2 Å². The summed E-state index contributed by atoms with van der Waals surface area (Å²) in [5.41, 5.74) is 2.93. The fraction of sp³-hybridized carbons (Fsp3) is 0.292. The van der Waals surface area contributed by atoms with E-state index in [1.54, 1.807) is 44.4 Å². The Labute approximate surface area is 181 Å². The zero-order valence-electron chi connectivity index (χ0n) is 17.9. The predicted molar refractivity (Wildman–Crippen MR) is 121 cm³/mol. The van der Waals surface area contributed by atoms with E-state index < -0.39 is 6.04 Å². The summed E-state index contributed by atoms with van der Waals surface area (Å²) in [5, 5.41) is 8.34. The largest absolute Gasteiger partial charge is 0.497 e. The minimum Gasteiger partial charge on any atom is -0.497 e. The smallest absolute Gasteiger partial charge is 0.246 e. The molecule has 7 nitrogen and oxygen atoms in total. The van der Waals surface area contributed by atoms with Gasteiger partial charge >= 0.3 is 0 Å². The Balaban J connectivity index is 1.55. The third kappa shape index (κ3) is 6.44. The molecule has 1 aliphatic carbocycles. The molecule has 0 bridgehead atoms. The fourth-order valence-corrected chi connectivity index (χ4v) is 2.88. The number of nitrogens with one attached hydrogen (secondary N) is 3. The lowest BCUT2D eigenvalue weighted by Crippen LogP contribution is -2.41. The summed E-state index contributed by atoms with van der Waals surface area (Å²) in [6, 6.07) is 11.9. The summed E-state index contributed by atoms with van der Waals surface area (Å²) >= 11 is 0. The standard InChI is InChI=1S/C24H27N3O4/c1-15-4-10-19(26-24(30)18-8-9-18)14-21(15)27-23(29)16(2)25-22(28)13-7-17-5-11-20(31-3)12-6-17/h4-7,10-14,16,18H,8-9H2,1-3H3,(H,25,28)(H,26,30)(H,27,29). The highest BCUT2D eigenvalue weighted by Crippen LogP contribution is 2.30. The second-order valence-electron chi connectivity index (χ2n) is 7.62. The van der Waals surface area contributed by atoms with Crippen LogP contribution < -0.4 is 20.7 Å². The van der Waals surface area contributed by atoms with E-state index in [0.717, 1.165) is 29.7 Å². The number of ether oxygens (including phenoxy) is 1. The second-order valence-corrected chi connectivity index (χ2v) is 7.62. The van der Waals surface area contributed by atoms with Crippen LogP contribution in [0.1, 0.15) is 30.9 Å². The molecule has 3 N–H and O–H groups in total. The van der Waals surface area contributed by atoms with Gasteiger partial charge in [-0.1, -0.05) is 18.2 Å². The SMILES string of the molecule is COc1ccc(C=CC(=O)NC(C)C(=O)Nc2cc(NC(=O)C3CC3)ccc2C)cc1. The first-order valence-electron chi connectivity index (χ1n) is 10.2. The summed E-state index contributed by atoms with van der Waals surface area (Å²) in [4.78, 5) is 36.7. The number of rotatable bonds is 8. The van der Waals surface area contributed by atoms with Gasteiger partial charge in [-0.05, 0) is 68.2 Å². The zero-order valence-corrected chi connectivity index (χ0v) is 17.9. The van der Waals surface area contributed by atoms with Crippen LogP contribution in [-0.4, -0.2) is 30.9 Å². The van der Waals surface area contributed by atoms with Crippen molar-refractivity contribution in [2.45, 2.75) is 32.7 Å². The molecular weight excluding hydrogens is 394 g/mol. The number of hydrogen-bond acceptors (Lipinski definition) is 4. The Morgan fingerprint density at radius 3 is 2.42 bits per heavy atom. The monoisotopic (exact) mass is 421 g/mol. The van der Waals surface area contributed by atoms with Crippen molar-refractivity contribution in [3.05, 3.63) is 59.7 Å². The molecule has 3 amide bonds. The Morgan fingerprint density at radius 2 is 1.77 bits per heavy atom. The van der Waals surface area contributed by atoms with E-state index in [4.69, 9.17) is 4.74 Å². The van der Waals surface area contributed by atoms with Crippen molar-refractivity contribution in [1.82, 2.24) is 5.32 Å². The van der Waals surface area contributed by atoms with Crippen LogP contribution in [0.2, 0.25) is 0 Å². The Hall–Kier alpha value is -3.61. The van der Waals surface area contributed by atoms with E-state index in [1.807, 2.05) is 25.1 Å². The highest BCUT2D eigenvalue weighted by Gasteiger charge is 2.29. The Bertz CT molecular complexity index is 994. The number of anilines is 2. The van der Waals surface area contributed by atoms with E-state index in [2.05, 4.69) is 16.0 Å². The van der Waals surface area contributed by atoms with Crippen molar-refractivity contribution in [3.8, 4) is 5.75 Å². The van der Waals surface area contributed by atoms with Gasteiger partial charge in [0.05, 0.1) is 7.11 Å². The number of benzene rings is 2. The first kappa shape index (κ1) is 22.1. The minimum absolute atomic E-state index is 0.00501. The van der Waals surface area contributed by atoms with Gasteiger partial charge < -0.3 is 20.7 Å². The molecule has 1 unspecified atom stereocenters. The summed E-state index contributed by atoms with van der Waals surface area (Å²) in [5.74, 6) is 0.116. The van der Waals surface area contributed by atoms with E-state index in [-0.39, 0.29) is 23.6 Å². The molecule has 1 fully saturated rings. The lowest BCUT2D eigenvalue weighted by atomic mass is 10.1. The first-order valence-corrected chi connectivity index (χ1v) is 10.2. The summed E-state index contributed by atoms with van der Waals surface area (Å²) < 4.78 is 5.10. The Kier molecular flexibility index (Phi) is 7.07. The predicted octanol–water partition coefficient (Wildman–Crippen LogP) is 3.51. The number of carbonyl (C=O) groups excluding carboxylic acids is 3. The van der Waals surface area contributed by atoms with Gasteiger partial charge in [-0.3, -0.25) is 14.4 Å². The van der Waals surface area contributed by atoms with Crippen LogP contribution in [0.25, 0.3) is 6.08 Å². The van der Waals surface area contributed by atoms with Crippen LogP contribution in [0, 0.1) is 12.8 Å². The third-order valence-corrected chi connectivity index (χ3v) is 5.01. The van der Waals surface area contributed by atoms with Crippen LogP contribution in [-0.2, 0) is 14.4 Å². The zero-order chi connectivity index (χ0) is 22.4.